The lowest BCUT2D eigenvalue weighted by atomic mass is 9.91. The molecular formula is C10H14O. The lowest BCUT2D eigenvalue weighted by molar-refractivity contribution is 0.419. The zero-order valence-corrected chi connectivity index (χ0v) is 7.26. The highest BCUT2D eigenvalue weighted by Gasteiger charge is 2.13. The first kappa shape index (κ1) is 8.12. The molecule has 0 heterocycles. The van der Waals surface area contributed by atoms with Crippen LogP contribution >= 0.6 is 0 Å². The Hall–Kier alpha value is -0.980. The predicted molar refractivity (Wildman–Crippen MR) is 47.4 cm³/mol. The van der Waals surface area contributed by atoms with Crippen LogP contribution in [0.4, 0.5) is 0 Å². The number of rotatable bonds is 0. The molecule has 0 amide bonds. The molecule has 60 valence electrons. The Morgan fingerprint density at radius 1 is 1.18 bits per heavy atom. The lowest BCUT2D eigenvalue weighted by Gasteiger charge is -2.14. The summed E-state index contributed by atoms with van der Waals surface area (Å²) in [5.74, 6) is 0.350. The molecule has 0 aromatic heterocycles. The number of allylic oxidation sites excluding steroid dienone is 5. The summed E-state index contributed by atoms with van der Waals surface area (Å²) in [6, 6.07) is 0. The van der Waals surface area contributed by atoms with Gasteiger partial charge in [-0.2, -0.15) is 0 Å². The fraction of sp³-hybridized carbons (Fsp3) is 0.400. The molecule has 0 bridgehead atoms. The molecule has 0 aliphatic heterocycles. The molecule has 0 aromatic rings. The maximum absolute atomic E-state index is 9.28. The molecule has 1 N–H and O–H groups in total. The zero-order valence-electron chi connectivity index (χ0n) is 7.26. The van der Waals surface area contributed by atoms with Gasteiger partial charge in [-0.3, -0.25) is 0 Å². The topological polar surface area (TPSA) is 20.2 Å². The lowest BCUT2D eigenvalue weighted by Crippen LogP contribution is -2.03. The highest BCUT2D eigenvalue weighted by Crippen LogP contribution is 2.25. The molecule has 1 heteroatoms. The Balaban J connectivity index is 3.03. The van der Waals surface area contributed by atoms with E-state index in [0.29, 0.717) is 5.76 Å². The van der Waals surface area contributed by atoms with Crippen LogP contribution in [-0.4, -0.2) is 5.11 Å². The van der Waals surface area contributed by atoms with Crippen molar-refractivity contribution in [2.24, 2.45) is 5.41 Å². The van der Waals surface area contributed by atoms with Crippen LogP contribution in [0, 0.1) is 5.41 Å². The molecule has 1 aliphatic carbocycles. The standard InChI is InChI=1S/C10H14O/c1-8-4-5-9(11)7-10(2,3)6-8/h4-7,11H,1-3H3. The molecule has 0 radical (unpaired) electrons. The monoisotopic (exact) mass is 150 g/mol. The van der Waals surface area contributed by atoms with Crippen molar-refractivity contribution in [1.82, 2.24) is 0 Å². The van der Waals surface area contributed by atoms with Crippen LogP contribution in [0.3, 0.4) is 0 Å². The van der Waals surface area contributed by atoms with Gasteiger partial charge in [-0.1, -0.05) is 31.6 Å². The molecule has 0 saturated heterocycles. The predicted octanol–water partition coefficient (Wildman–Crippen LogP) is 2.97. The van der Waals surface area contributed by atoms with E-state index >= 15 is 0 Å². The first-order valence-electron chi connectivity index (χ1n) is 3.79. The van der Waals surface area contributed by atoms with Gasteiger partial charge in [-0.25, -0.2) is 0 Å². The second kappa shape index (κ2) is 2.57. The maximum Gasteiger partial charge on any atom is 0.112 e. The SMILES string of the molecule is CC1=CC(C)(C)C=C(O)C=C1. The summed E-state index contributed by atoms with van der Waals surface area (Å²) in [6.07, 6.45) is 7.62. The summed E-state index contributed by atoms with van der Waals surface area (Å²) in [6.45, 7) is 6.17. The average Bonchev–Trinajstić information content (AvgIpc) is 1.89. The van der Waals surface area contributed by atoms with Crippen molar-refractivity contribution >= 4 is 0 Å². The molecule has 1 nitrogen and oxygen atoms in total. The van der Waals surface area contributed by atoms with Crippen molar-refractivity contribution < 1.29 is 5.11 Å². The van der Waals surface area contributed by atoms with Gasteiger partial charge >= 0.3 is 0 Å². The summed E-state index contributed by atoms with van der Waals surface area (Å²) in [4.78, 5) is 0. The van der Waals surface area contributed by atoms with E-state index in [9.17, 15) is 5.11 Å². The van der Waals surface area contributed by atoms with Crippen LogP contribution in [0.25, 0.3) is 0 Å². The van der Waals surface area contributed by atoms with Gasteiger partial charge in [-0.05, 0) is 19.1 Å². The third-order valence-corrected chi connectivity index (χ3v) is 1.64. The average molecular weight is 150 g/mol. The molecule has 11 heavy (non-hydrogen) atoms. The summed E-state index contributed by atoms with van der Waals surface area (Å²) in [5.41, 5.74) is 1.16. The molecule has 1 aliphatic rings. The van der Waals surface area contributed by atoms with E-state index in [-0.39, 0.29) is 5.41 Å². The smallest absolute Gasteiger partial charge is 0.112 e. The van der Waals surface area contributed by atoms with Crippen molar-refractivity contribution in [3.8, 4) is 0 Å². The van der Waals surface area contributed by atoms with Crippen molar-refractivity contribution in [3.63, 3.8) is 0 Å². The van der Waals surface area contributed by atoms with E-state index in [1.807, 2.05) is 19.1 Å². The molecular weight excluding hydrogens is 136 g/mol. The van der Waals surface area contributed by atoms with Crippen molar-refractivity contribution in [2.45, 2.75) is 20.8 Å². The van der Waals surface area contributed by atoms with E-state index < -0.39 is 0 Å². The molecule has 0 atom stereocenters. The normalized spacial score (nSPS) is 22.1. The van der Waals surface area contributed by atoms with Gasteiger partial charge < -0.3 is 5.11 Å². The third kappa shape index (κ3) is 2.26. The number of hydrogen-bond donors (Lipinski definition) is 1. The second-order valence-corrected chi connectivity index (χ2v) is 3.61. The van der Waals surface area contributed by atoms with Gasteiger partial charge in [0.1, 0.15) is 5.76 Å². The minimum atomic E-state index is -0.0301. The highest BCUT2D eigenvalue weighted by molar-refractivity contribution is 5.31. The second-order valence-electron chi connectivity index (χ2n) is 3.61. The van der Waals surface area contributed by atoms with Gasteiger partial charge in [-0.15, -0.1) is 0 Å². The number of aliphatic hydroxyl groups is 1. The van der Waals surface area contributed by atoms with Gasteiger partial charge in [0.25, 0.3) is 0 Å². The Morgan fingerprint density at radius 3 is 2.45 bits per heavy atom. The quantitative estimate of drug-likeness (QED) is 0.563. The molecule has 0 saturated carbocycles. The van der Waals surface area contributed by atoms with Crippen molar-refractivity contribution in [1.29, 1.82) is 0 Å². The van der Waals surface area contributed by atoms with Crippen molar-refractivity contribution in [2.75, 3.05) is 0 Å². The first-order chi connectivity index (χ1) is 4.99. The highest BCUT2D eigenvalue weighted by atomic mass is 16.3. The fourth-order valence-electron chi connectivity index (χ4n) is 1.32. The Morgan fingerprint density at radius 2 is 1.82 bits per heavy atom. The Bertz CT molecular complexity index is 218. The van der Waals surface area contributed by atoms with Crippen LogP contribution in [0.1, 0.15) is 20.8 Å². The van der Waals surface area contributed by atoms with Gasteiger partial charge in [0.15, 0.2) is 0 Å². The van der Waals surface area contributed by atoms with Gasteiger partial charge in [0.2, 0.25) is 0 Å². The Kier molecular flexibility index (Phi) is 1.90. The largest absolute Gasteiger partial charge is 0.508 e. The van der Waals surface area contributed by atoms with Crippen LogP contribution in [0.5, 0.6) is 0 Å². The summed E-state index contributed by atoms with van der Waals surface area (Å²) < 4.78 is 0. The number of aliphatic hydroxyl groups excluding tert-OH is 1. The van der Waals surface area contributed by atoms with E-state index in [0.717, 1.165) is 0 Å². The fourth-order valence-corrected chi connectivity index (χ4v) is 1.32. The summed E-state index contributed by atoms with van der Waals surface area (Å²) in [7, 11) is 0. The number of hydrogen-bond acceptors (Lipinski definition) is 1. The summed E-state index contributed by atoms with van der Waals surface area (Å²) in [5, 5.41) is 9.28. The molecule has 1 rings (SSSR count). The van der Waals surface area contributed by atoms with E-state index in [2.05, 4.69) is 19.9 Å². The van der Waals surface area contributed by atoms with Gasteiger partial charge in [0.05, 0.1) is 0 Å². The third-order valence-electron chi connectivity index (χ3n) is 1.64. The molecule has 0 unspecified atom stereocenters. The van der Waals surface area contributed by atoms with Crippen LogP contribution in [0.15, 0.2) is 35.6 Å². The maximum atomic E-state index is 9.28. The minimum Gasteiger partial charge on any atom is -0.508 e. The minimum absolute atomic E-state index is 0.0301. The summed E-state index contributed by atoms with van der Waals surface area (Å²) >= 11 is 0. The van der Waals surface area contributed by atoms with Gasteiger partial charge in [0, 0.05) is 5.41 Å². The van der Waals surface area contributed by atoms with Crippen molar-refractivity contribution in [3.05, 3.63) is 35.6 Å². The van der Waals surface area contributed by atoms with Crippen LogP contribution < -0.4 is 0 Å². The Labute approximate surface area is 67.7 Å². The zero-order chi connectivity index (χ0) is 8.48. The van der Waals surface area contributed by atoms with Crippen LogP contribution in [-0.2, 0) is 0 Å². The molecule has 0 aromatic carbocycles. The molecule has 0 spiro atoms. The van der Waals surface area contributed by atoms with E-state index in [4.69, 9.17) is 0 Å². The van der Waals surface area contributed by atoms with Crippen LogP contribution in [0.2, 0.25) is 0 Å². The van der Waals surface area contributed by atoms with E-state index in [1.165, 1.54) is 5.57 Å². The molecule has 0 fully saturated rings. The van der Waals surface area contributed by atoms with E-state index in [1.54, 1.807) is 6.08 Å². The first-order valence-corrected chi connectivity index (χ1v) is 3.79.